The Balaban J connectivity index is 1.47. The van der Waals surface area contributed by atoms with E-state index < -0.39 is 0 Å². The number of ether oxygens (including phenoxy) is 1. The summed E-state index contributed by atoms with van der Waals surface area (Å²) < 4.78 is 5.51. The van der Waals surface area contributed by atoms with Crippen molar-refractivity contribution in [3.05, 3.63) is 72.6 Å². The molecule has 0 bridgehead atoms. The summed E-state index contributed by atoms with van der Waals surface area (Å²) in [6.07, 6.45) is 4.73. The lowest BCUT2D eigenvalue weighted by molar-refractivity contribution is -0.116. The molecule has 0 aliphatic heterocycles. The molecule has 1 N–H and O–H groups in total. The highest BCUT2D eigenvalue weighted by Gasteiger charge is 1.99. The molecule has 2 aromatic carbocycles. The second-order valence-electron chi connectivity index (χ2n) is 5.07. The van der Waals surface area contributed by atoms with Gasteiger partial charge in [-0.1, -0.05) is 30.3 Å². The minimum absolute atomic E-state index is 0.193. The third-order valence-corrected chi connectivity index (χ3v) is 3.29. The van der Waals surface area contributed by atoms with Gasteiger partial charge in [-0.15, -0.1) is 0 Å². The molecular weight excluding hydrogens is 302 g/mol. The van der Waals surface area contributed by atoms with Crippen molar-refractivity contribution < 1.29 is 9.53 Å². The molecule has 0 aliphatic rings. The summed E-state index contributed by atoms with van der Waals surface area (Å²) in [4.78, 5) is 20.5. The molecule has 0 radical (unpaired) electrons. The topological polar surface area (TPSA) is 64.1 Å². The Morgan fingerprint density at radius 3 is 2.62 bits per heavy atom. The maximum atomic E-state index is 11.8. The minimum Gasteiger partial charge on any atom is -0.492 e. The second kappa shape index (κ2) is 7.87. The largest absolute Gasteiger partial charge is 0.492 e. The van der Waals surface area contributed by atoms with E-state index in [0.29, 0.717) is 18.8 Å². The molecule has 0 atom stereocenters. The van der Waals surface area contributed by atoms with E-state index in [4.69, 9.17) is 4.74 Å². The number of aromatic nitrogens is 2. The Bertz CT molecular complexity index is 847. The van der Waals surface area contributed by atoms with Crippen LogP contribution in [0.4, 0.5) is 0 Å². The summed E-state index contributed by atoms with van der Waals surface area (Å²) in [6, 6.07) is 17.1. The quantitative estimate of drug-likeness (QED) is 0.560. The van der Waals surface area contributed by atoms with Gasteiger partial charge in [0.25, 0.3) is 0 Å². The SMILES string of the molecule is O=C(C=Cc1cnc2ccccc2n1)NCCOc1ccccc1. The zero-order chi connectivity index (χ0) is 16.6. The first kappa shape index (κ1) is 15.7. The molecule has 0 fully saturated rings. The van der Waals surface area contributed by atoms with E-state index in [9.17, 15) is 4.79 Å². The molecule has 1 amide bonds. The lowest BCUT2D eigenvalue weighted by Crippen LogP contribution is -2.26. The van der Waals surface area contributed by atoms with Gasteiger partial charge in [0.05, 0.1) is 29.5 Å². The van der Waals surface area contributed by atoms with E-state index in [1.54, 1.807) is 12.3 Å². The standard InChI is InChI=1S/C19H17N3O2/c23-19(20-12-13-24-16-6-2-1-3-7-16)11-10-15-14-21-17-8-4-5-9-18(17)22-15/h1-11,14H,12-13H2,(H,20,23). The monoisotopic (exact) mass is 319 g/mol. The number of nitrogens with zero attached hydrogens (tertiary/aromatic N) is 2. The van der Waals surface area contributed by atoms with Crippen molar-refractivity contribution in [1.29, 1.82) is 0 Å². The average molecular weight is 319 g/mol. The Morgan fingerprint density at radius 1 is 1.04 bits per heavy atom. The molecule has 5 heteroatoms. The fourth-order valence-corrected chi connectivity index (χ4v) is 2.13. The fourth-order valence-electron chi connectivity index (χ4n) is 2.13. The number of benzene rings is 2. The van der Waals surface area contributed by atoms with Gasteiger partial charge >= 0.3 is 0 Å². The lowest BCUT2D eigenvalue weighted by Gasteiger charge is -2.06. The number of rotatable bonds is 6. The van der Waals surface area contributed by atoms with Crippen LogP contribution in [0.3, 0.4) is 0 Å². The summed E-state index contributed by atoms with van der Waals surface area (Å²) in [5, 5.41) is 2.76. The molecule has 0 saturated carbocycles. The maximum Gasteiger partial charge on any atom is 0.244 e. The van der Waals surface area contributed by atoms with Gasteiger partial charge in [-0.25, -0.2) is 4.98 Å². The van der Waals surface area contributed by atoms with Crippen LogP contribution >= 0.6 is 0 Å². The van der Waals surface area contributed by atoms with Crippen LogP contribution in [-0.4, -0.2) is 29.0 Å². The predicted octanol–water partition coefficient (Wildman–Crippen LogP) is 2.84. The maximum absolute atomic E-state index is 11.8. The molecule has 24 heavy (non-hydrogen) atoms. The van der Waals surface area contributed by atoms with Gasteiger partial charge < -0.3 is 10.1 Å². The normalized spacial score (nSPS) is 10.8. The highest BCUT2D eigenvalue weighted by Crippen LogP contribution is 2.09. The van der Waals surface area contributed by atoms with Crippen LogP contribution in [0.25, 0.3) is 17.1 Å². The number of amides is 1. The molecule has 5 nitrogen and oxygen atoms in total. The van der Waals surface area contributed by atoms with Crippen LogP contribution < -0.4 is 10.1 Å². The Kier molecular flexibility index (Phi) is 5.14. The molecule has 0 unspecified atom stereocenters. The highest BCUT2D eigenvalue weighted by atomic mass is 16.5. The van der Waals surface area contributed by atoms with Crippen LogP contribution in [0.15, 0.2) is 66.9 Å². The van der Waals surface area contributed by atoms with Crippen molar-refractivity contribution in [3.8, 4) is 5.75 Å². The number of hydrogen-bond acceptors (Lipinski definition) is 4. The number of nitrogens with one attached hydrogen (secondary N) is 1. The zero-order valence-corrected chi connectivity index (χ0v) is 13.1. The third kappa shape index (κ3) is 4.39. The van der Waals surface area contributed by atoms with Crippen molar-refractivity contribution in [1.82, 2.24) is 15.3 Å². The van der Waals surface area contributed by atoms with Gasteiger partial charge in [-0.3, -0.25) is 9.78 Å². The average Bonchev–Trinajstić information content (AvgIpc) is 2.64. The molecule has 0 aliphatic carbocycles. The molecular formula is C19H17N3O2. The van der Waals surface area contributed by atoms with Gasteiger partial charge in [0, 0.05) is 6.08 Å². The molecule has 0 saturated heterocycles. The zero-order valence-electron chi connectivity index (χ0n) is 13.1. The summed E-state index contributed by atoms with van der Waals surface area (Å²) in [5.41, 5.74) is 2.28. The Labute approximate surface area is 140 Å². The Morgan fingerprint density at radius 2 is 1.79 bits per heavy atom. The predicted molar refractivity (Wildman–Crippen MR) is 93.5 cm³/mol. The van der Waals surface area contributed by atoms with E-state index in [2.05, 4.69) is 15.3 Å². The molecule has 1 aromatic heterocycles. The van der Waals surface area contributed by atoms with Crippen molar-refractivity contribution in [2.45, 2.75) is 0 Å². The van der Waals surface area contributed by atoms with Crippen molar-refractivity contribution in [2.75, 3.05) is 13.2 Å². The first-order valence-electron chi connectivity index (χ1n) is 7.67. The lowest BCUT2D eigenvalue weighted by atomic mass is 10.3. The summed E-state index contributed by atoms with van der Waals surface area (Å²) in [6.45, 7) is 0.848. The van der Waals surface area contributed by atoms with Crippen molar-refractivity contribution >= 4 is 23.0 Å². The van der Waals surface area contributed by atoms with E-state index in [1.165, 1.54) is 6.08 Å². The van der Waals surface area contributed by atoms with Gasteiger partial charge in [-0.05, 0) is 30.3 Å². The Hall–Kier alpha value is -3.21. The van der Waals surface area contributed by atoms with E-state index in [0.717, 1.165) is 16.8 Å². The van der Waals surface area contributed by atoms with Crippen LogP contribution in [0.5, 0.6) is 5.75 Å². The van der Waals surface area contributed by atoms with E-state index in [-0.39, 0.29) is 5.91 Å². The number of para-hydroxylation sites is 3. The van der Waals surface area contributed by atoms with Crippen LogP contribution in [0.1, 0.15) is 5.69 Å². The van der Waals surface area contributed by atoms with Gasteiger partial charge in [0.15, 0.2) is 0 Å². The molecule has 3 aromatic rings. The van der Waals surface area contributed by atoms with Crippen LogP contribution in [-0.2, 0) is 4.79 Å². The van der Waals surface area contributed by atoms with Gasteiger partial charge in [0.1, 0.15) is 12.4 Å². The minimum atomic E-state index is -0.193. The van der Waals surface area contributed by atoms with Gasteiger partial charge in [0.2, 0.25) is 5.91 Å². The van der Waals surface area contributed by atoms with Gasteiger partial charge in [-0.2, -0.15) is 0 Å². The molecule has 3 rings (SSSR count). The first-order chi connectivity index (χ1) is 11.8. The number of fused-ring (bicyclic) bond motifs is 1. The van der Waals surface area contributed by atoms with E-state index in [1.807, 2.05) is 54.6 Å². The highest BCUT2D eigenvalue weighted by molar-refractivity contribution is 5.91. The molecule has 1 heterocycles. The van der Waals surface area contributed by atoms with Crippen LogP contribution in [0, 0.1) is 0 Å². The molecule has 0 spiro atoms. The summed E-state index contributed by atoms with van der Waals surface area (Å²) >= 11 is 0. The van der Waals surface area contributed by atoms with E-state index >= 15 is 0 Å². The number of hydrogen-bond donors (Lipinski definition) is 1. The first-order valence-corrected chi connectivity index (χ1v) is 7.67. The second-order valence-corrected chi connectivity index (χ2v) is 5.07. The van der Waals surface area contributed by atoms with Crippen molar-refractivity contribution in [2.24, 2.45) is 0 Å². The summed E-state index contributed by atoms with van der Waals surface area (Å²) in [7, 11) is 0. The smallest absolute Gasteiger partial charge is 0.244 e. The number of carbonyl (C=O) groups excluding carboxylic acids is 1. The fraction of sp³-hybridized carbons (Fsp3) is 0.105. The van der Waals surface area contributed by atoms with Crippen LogP contribution in [0.2, 0.25) is 0 Å². The summed E-state index contributed by atoms with van der Waals surface area (Å²) in [5.74, 6) is 0.593. The number of carbonyl (C=O) groups is 1. The van der Waals surface area contributed by atoms with Crippen molar-refractivity contribution in [3.63, 3.8) is 0 Å². The third-order valence-electron chi connectivity index (χ3n) is 3.29. The molecule has 120 valence electrons.